The van der Waals surface area contributed by atoms with Crippen LogP contribution in [-0.4, -0.2) is 13.1 Å². The lowest BCUT2D eigenvalue weighted by Gasteiger charge is -2.22. The van der Waals surface area contributed by atoms with Crippen LogP contribution in [0.3, 0.4) is 0 Å². The Labute approximate surface area is 107 Å². The minimum atomic E-state index is 0.655. The molecule has 0 aromatic heterocycles. The summed E-state index contributed by atoms with van der Waals surface area (Å²) in [6.45, 7) is 11.3. The first-order valence-corrected chi connectivity index (χ1v) is 6.91. The fourth-order valence-electron chi connectivity index (χ4n) is 2.39. The van der Waals surface area contributed by atoms with Gasteiger partial charge in [0.15, 0.2) is 0 Å². The van der Waals surface area contributed by atoms with E-state index in [1.807, 2.05) is 0 Å². The molecular weight excluding hydrogens is 206 g/mol. The average Bonchev–Trinajstić information content (AvgIpc) is 2.28. The molecule has 0 saturated heterocycles. The Balaban J connectivity index is 2.71. The zero-order chi connectivity index (χ0) is 12.7. The van der Waals surface area contributed by atoms with Crippen LogP contribution in [0.2, 0.25) is 0 Å². The fourth-order valence-corrected chi connectivity index (χ4v) is 2.39. The predicted octanol–water partition coefficient (Wildman–Crippen LogP) is 4.12. The van der Waals surface area contributed by atoms with Crippen molar-refractivity contribution in [3.8, 4) is 0 Å². The summed E-state index contributed by atoms with van der Waals surface area (Å²) in [6, 6.07) is 8.80. The molecule has 1 nitrogen and oxygen atoms in total. The van der Waals surface area contributed by atoms with Crippen molar-refractivity contribution in [1.29, 1.82) is 0 Å². The maximum Gasteiger partial charge on any atom is 0.00203 e. The second kappa shape index (κ2) is 7.50. The molecule has 17 heavy (non-hydrogen) atoms. The average molecular weight is 233 g/mol. The minimum absolute atomic E-state index is 0.655. The first-order chi connectivity index (χ1) is 8.15. The summed E-state index contributed by atoms with van der Waals surface area (Å²) < 4.78 is 0. The maximum absolute atomic E-state index is 3.57. The molecule has 0 aliphatic rings. The van der Waals surface area contributed by atoms with E-state index >= 15 is 0 Å². The van der Waals surface area contributed by atoms with Gasteiger partial charge in [-0.15, -0.1) is 0 Å². The van der Waals surface area contributed by atoms with E-state index < -0.39 is 0 Å². The Morgan fingerprint density at radius 1 is 1.18 bits per heavy atom. The van der Waals surface area contributed by atoms with Crippen LogP contribution in [0, 0.1) is 12.8 Å². The van der Waals surface area contributed by atoms with Crippen LogP contribution < -0.4 is 5.32 Å². The summed E-state index contributed by atoms with van der Waals surface area (Å²) in [5.41, 5.74) is 2.95. The van der Waals surface area contributed by atoms with Crippen molar-refractivity contribution >= 4 is 0 Å². The molecule has 1 unspecified atom stereocenters. The first kappa shape index (κ1) is 14.2. The van der Waals surface area contributed by atoms with Gasteiger partial charge >= 0.3 is 0 Å². The van der Waals surface area contributed by atoms with Crippen molar-refractivity contribution in [2.75, 3.05) is 13.1 Å². The molecule has 1 atom stereocenters. The lowest BCUT2D eigenvalue weighted by Crippen LogP contribution is -2.23. The highest BCUT2D eigenvalue weighted by Crippen LogP contribution is 2.25. The summed E-state index contributed by atoms with van der Waals surface area (Å²) in [6.07, 6.45) is 2.48. The van der Waals surface area contributed by atoms with E-state index in [4.69, 9.17) is 0 Å². The van der Waals surface area contributed by atoms with E-state index in [1.165, 1.54) is 24.0 Å². The van der Waals surface area contributed by atoms with Gasteiger partial charge in [0.25, 0.3) is 0 Å². The monoisotopic (exact) mass is 233 g/mol. The summed E-state index contributed by atoms with van der Waals surface area (Å²) in [7, 11) is 0. The molecule has 0 aliphatic carbocycles. The van der Waals surface area contributed by atoms with E-state index in [-0.39, 0.29) is 0 Å². The minimum Gasteiger partial charge on any atom is -0.316 e. The lowest BCUT2D eigenvalue weighted by molar-refractivity contribution is 0.469. The van der Waals surface area contributed by atoms with Gasteiger partial charge in [-0.2, -0.15) is 0 Å². The van der Waals surface area contributed by atoms with Gasteiger partial charge in [-0.25, -0.2) is 0 Å². The third-order valence-corrected chi connectivity index (χ3v) is 3.20. The van der Waals surface area contributed by atoms with Crippen LogP contribution in [0.4, 0.5) is 0 Å². The van der Waals surface area contributed by atoms with E-state index in [0.717, 1.165) is 19.0 Å². The molecule has 1 N–H and O–H groups in total. The molecule has 0 spiro atoms. The Morgan fingerprint density at radius 2 is 1.88 bits per heavy atom. The highest BCUT2D eigenvalue weighted by molar-refractivity contribution is 5.29. The smallest absolute Gasteiger partial charge is 0.00203 e. The van der Waals surface area contributed by atoms with E-state index in [2.05, 4.69) is 57.3 Å². The molecule has 1 heteroatoms. The van der Waals surface area contributed by atoms with Gasteiger partial charge in [-0.1, -0.05) is 45.0 Å². The molecule has 0 amide bonds. The summed E-state index contributed by atoms with van der Waals surface area (Å²) in [5.74, 6) is 1.41. The largest absolute Gasteiger partial charge is 0.316 e. The number of hydrogen-bond donors (Lipinski definition) is 1. The summed E-state index contributed by atoms with van der Waals surface area (Å²) in [4.78, 5) is 0. The third kappa shape index (κ3) is 4.91. The molecule has 1 aromatic carbocycles. The van der Waals surface area contributed by atoms with E-state index in [9.17, 15) is 0 Å². The SMILES string of the molecule is CCCNCC(CC(C)C)c1ccccc1C. The number of aryl methyl sites for hydroxylation is 1. The Morgan fingerprint density at radius 3 is 2.47 bits per heavy atom. The number of nitrogens with one attached hydrogen (secondary N) is 1. The topological polar surface area (TPSA) is 12.0 Å². The molecule has 96 valence electrons. The van der Waals surface area contributed by atoms with Crippen LogP contribution >= 0.6 is 0 Å². The number of rotatable bonds is 7. The lowest BCUT2D eigenvalue weighted by atomic mass is 9.88. The van der Waals surface area contributed by atoms with Gasteiger partial charge in [-0.05, 0) is 49.3 Å². The third-order valence-electron chi connectivity index (χ3n) is 3.20. The van der Waals surface area contributed by atoms with Crippen LogP contribution in [0.1, 0.15) is 50.7 Å². The standard InChI is InChI=1S/C16H27N/c1-5-10-17-12-15(11-13(2)3)16-9-7-6-8-14(16)4/h6-9,13,15,17H,5,10-12H2,1-4H3. The maximum atomic E-state index is 3.57. The molecular formula is C16H27N. The Bertz CT molecular complexity index is 317. The summed E-state index contributed by atoms with van der Waals surface area (Å²) in [5, 5.41) is 3.57. The highest BCUT2D eigenvalue weighted by Gasteiger charge is 2.14. The van der Waals surface area contributed by atoms with Gasteiger partial charge in [0.05, 0.1) is 0 Å². The van der Waals surface area contributed by atoms with Gasteiger partial charge in [-0.3, -0.25) is 0 Å². The Hall–Kier alpha value is -0.820. The Kier molecular flexibility index (Phi) is 6.28. The second-order valence-corrected chi connectivity index (χ2v) is 5.39. The molecule has 0 bridgehead atoms. The van der Waals surface area contributed by atoms with E-state index in [1.54, 1.807) is 0 Å². The molecule has 0 fully saturated rings. The van der Waals surface area contributed by atoms with Crippen molar-refractivity contribution < 1.29 is 0 Å². The highest BCUT2D eigenvalue weighted by atomic mass is 14.8. The van der Waals surface area contributed by atoms with Crippen LogP contribution in [0.15, 0.2) is 24.3 Å². The first-order valence-electron chi connectivity index (χ1n) is 6.91. The molecule has 1 aromatic rings. The molecule has 0 saturated carbocycles. The van der Waals surface area contributed by atoms with E-state index in [0.29, 0.717) is 5.92 Å². The second-order valence-electron chi connectivity index (χ2n) is 5.39. The number of hydrogen-bond acceptors (Lipinski definition) is 1. The molecule has 0 aliphatic heterocycles. The van der Waals surface area contributed by atoms with Gasteiger partial charge < -0.3 is 5.32 Å². The van der Waals surface area contributed by atoms with Gasteiger partial charge in [0.1, 0.15) is 0 Å². The normalized spacial score (nSPS) is 13.0. The van der Waals surface area contributed by atoms with Crippen molar-refractivity contribution in [2.24, 2.45) is 5.92 Å². The molecule has 0 radical (unpaired) electrons. The quantitative estimate of drug-likeness (QED) is 0.698. The van der Waals surface area contributed by atoms with Crippen LogP contribution in [0.5, 0.6) is 0 Å². The summed E-state index contributed by atoms with van der Waals surface area (Å²) >= 11 is 0. The predicted molar refractivity (Wildman–Crippen MR) is 76.5 cm³/mol. The number of benzene rings is 1. The zero-order valence-electron chi connectivity index (χ0n) is 11.8. The van der Waals surface area contributed by atoms with Crippen molar-refractivity contribution in [1.82, 2.24) is 5.32 Å². The van der Waals surface area contributed by atoms with Gasteiger partial charge in [0, 0.05) is 6.54 Å². The zero-order valence-corrected chi connectivity index (χ0v) is 11.8. The van der Waals surface area contributed by atoms with Crippen molar-refractivity contribution in [3.05, 3.63) is 35.4 Å². The van der Waals surface area contributed by atoms with Crippen molar-refractivity contribution in [2.45, 2.75) is 46.5 Å². The van der Waals surface area contributed by atoms with Gasteiger partial charge in [0.2, 0.25) is 0 Å². The van der Waals surface area contributed by atoms with Crippen LogP contribution in [0.25, 0.3) is 0 Å². The van der Waals surface area contributed by atoms with Crippen LogP contribution in [-0.2, 0) is 0 Å². The fraction of sp³-hybridized carbons (Fsp3) is 0.625. The molecule has 1 rings (SSSR count). The van der Waals surface area contributed by atoms with Crippen molar-refractivity contribution in [3.63, 3.8) is 0 Å². The molecule has 0 heterocycles.